The number of anilines is 1. The molecule has 3 heterocycles. The van der Waals surface area contributed by atoms with E-state index in [4.69, 9.17) is 4.99 Å². The average molecular weight is 341 g/mol. The van der Waals surface area contributed by atoms with E-state index in [0.717, 1.165) is 37.1 Å². The highest BCUT2D eigenvalue weighted by Crippen LogP contribution is 2.18. The molecule has 3 rings (SSSR count). The van der Waals surface area contributed by atoms with E-state index in [1.807, 2.05) is 30.1 Å². The van der Waals surface area contributed by atoms with Gasteiger partial charge < -0.3 is 15.5 Å². The Balaban J connectivity index is 1.62. The van der Waals surface area contributed by atoms with Crippen molar-refractivity contribution in [1.29, 1.82) is 0 Å². The molecule has 0 spiro atoms. The zero-order chi connectivity index (χ0) is 17.5. The molecule has 0 unspecified atom stereocenters. The van der Waals surface area contributed by atoms with Gasteiger partial charge >= 0.3 is 0 Å². The molecule has 0 aliphatic carbocycles. The van der Waals surface area contributed by atoms with Gasteiger partial charge in [-0.25, -0.2) is 9.98 Å². The van der Waals surface area contributed by atoms with E-state index in [9.17, 15) is 0 Å². The van der Waals surface area contributed by atoms with Crippen molar-refractivity contribution in [2.24, 2.45) is 12.0 Å². The lowest BCUT2D eigenvalue weighted by Gasteiger charge is -2.16. The molecule has 0 amide bonds. The number of hydrogen-bond acceptors (Lipinski definition) is 4. The summed E-state index contributed by atoms with van der Waals surface area (Å²) in [4.78, 5) is 11.5. The summed E-state index contributed by atoms with van der Waals surface area (Å²) in [7, 11) is 1.94. The molecule has 2 aromatic heterocycles. The van der Waals surface area contributed by atoms with Crippen LogP contribution in [0.15, 0.2) is 35.6 Å². The van der Waals surface area contributed by atoms with Crippen molar-refractivity contribution < 1.29 is 0 Å². The predicted octanol–water partition coefficient (Wildman–Crippen LogP) is 1.67. The Morgan fingerprint density at radius 2 is 2.04 bits per heavy atom. The van der Waals surface area contributed by atoms with Crippen molar-refractivity contribution in [3.05, 3.63) is 41.9 Å². The summed E-state index contributed by atoms with van der Waals surface area (Å²) in [5, 5.41) is 10.8. The molecule has 0 atom stereocenters. The lowest BCUT2D eigenvalue weighted by molar-refractivity contribution is 0.685. The Bertz CT molecular complexity index is 701. The van der Waals surface area contributed by atoms with Gasteiger partial charge in [0.1, 0.15) is 5.82 Å². The summed E-state index contributed by atoms with van der Waals surface area (Å²) < 4.78 is 1.86. The van der Waals surface area contributed by atoms with Crippen LogP contribution in [0.5, 0.6) is 0 Å². The fourth-order valence-electron chi connectivity index (χ4n) is 2.94. The Labute approximate surface area is 149 Å². The average Bonchev–Trinajstić information content (AvgIpc) is 3.29. The first-order valence-corrected chi connectivity index (χ1v) is 8.95. The van der Waals surface area contributed by atoms with Crippen LogP contribution in [0.3, 0.4) is 0 Å². The third-order valence-electron chi connectivity index (χ3n) is 4.36. The third kappa shape index (κ3) is 4.71. The normalized spacial score (nSPS) is 14.8. The molecule has 1 fully saturated rings. The molecule has 7 heteroatoms. The summed E-state index contributed by atoms with van der Waals surface area (Å²) >= 11 is 0. The van der Waals surface area contributed by atoms with Crippen LogP contribution in [0.2, 0.25) is 0 Å². The van der Waals surface area contributed by atoms with Crippen LogP contribution >= 0.6 is 0 Å². The number of hydrogen-bond donors (Lipinski definition) is 2. The summed E-state index contributed by atoms with van der Waals surface area (Å²) in [5.41, 5.74) is 2.29. The van der Waals surface area contributed by atoms with Crippen LogP contribution < -0.4 is 15.5 Å². The van der Waals surface area contributed by atoms with E-state index >= 15 is 0 Å². The lowest BCUT2D eigenvalue weighted by atomic mass is 10.2. The largest absolute Gasteiger partial charge is 0.357 e. The molecule has 7 nitrogen and oxygen atoms in total. The third-order valence-corrected chi connectivity index (χ3v) is 4.36. The van der Waals surface area contributed by atoms with Gasteiger partial charge in [0.2, 0.25) is 0 Å². The van der Waals surface area contributed by atoms with Crippen LogP contribution in [0.25, 0.3) is 0 Å². The molecule has 2 N–H and O–H groups in total. The van der Waals surface area contributed by atoms with Gasteiger partial charge in [-0.2, -0.15) is 5.10 Å². The maximum atomic E-state index is 4.70. The van der Waals surface area contributed by atoms with E-state index in [1.54, 1.807) is 6.20 Å². The summed E-state index contributed by atoms with van der Waals surface area (Å²) in [6.45, 7) is 6.43. The number of rotatable bonds is 6. The van der Waals surface area contributed by atoms with E-state index in [1.165, 1.54) is 18.4 Å². The first-order chi connectivity index (χ1) is 12.3. The maximum absolute atomic E-state index is 4.70. The summed E-state index contributed by atoms with van der Waals surface area (Å²) in [5.74, 6) is 1.88. The first-order valence-electron chi connectivity index (χ1n) is 8.95. The fraction of sp³-hybridized carbons (Fsp3) is 0.500. The van der Waals surface area contributed by atoms with Crippen LogP contribution in [0.4, 0.5) is 5.82 Å². The smallest absolute Gasteiger partial charge is 0.191 e. The van der Waals surface area contributed by atoms with Gasteiger partial charge in [-0.15, -0.1) is 0 Å². The molecule has 25 heavy (non-hydrogen) atoms. The number of aliphatic imine (C=N–C) groups is 1. The molecule has 134 valence electrons. The minimum atomic E-state index is 0.629. The Morgan fingerprint density at radius 1 is 1.20 bits per heavy atom. The second-order valence-electron chi connectivity index (χ2n) is 6.21. The number of aromatic nitrogens is 3. The molecule has 0 radical (unpaired) electrons. The van der Waals surface area contributed by atoms with Crippen molar-refractivity contribution in [3.63, 3.8) is 0 Å². The number of aryl methyl sites for hydroxylation is 1. The van der Waals surface area contributed by atoms with Crippen molar-refractivity contribution in [2.75, 3.05) is 24.5 Å². The minimum Gasteiger partial charge on any atom is -0.357 e. The van der Waals surface area contributed by atoms with Crippen molar-refractivity contribution in [1.82, 2.24) is 25.4 Å². The highest BCUT2D eigenvalue weighted by atomic mass is 15.3. The van der Waals surface area contributed by atoms with Crippen LogP contribution in [0, 0.1) is 0 Å². The van der Waals surface area contributed by atoms with Gasteiger partial charge in [-0.05, 0) is 43.5 Å². The fourth-order valence-corrected chi connectivity index (χ4v) is 2.94. The summed E-state index contributed by atoms with van der Waals surface area (Å²) in [6.07, 6.45) is 6.20. The highest BCUT2D eigenvalue weighted by molar-refractivity contribution is 5.79. The summed E-state index contributed by atoms with van der Waals surface area (Å²) in [6, 6.07) is 6.19. The molecule has 2 aromatic rings. The molecule has 1 saturated heterocycles. The van der Waals surface area contributed by atoms with Gasteiger partial charge in [-0.1, -0.05) is 0 Å². The number of pyridine rings is 1. The van der Waals surface area contributed by atoms with Gasteiger partial charge in [-0.3, -0.25) is 4.68 Å². The topological polar surface area (TPSA) is 70.4 Å². The molecule has 0 aromatic carbocycles. The lowest BCUT2D eigenvalue weighted by Crippen LogP contribution is -2.37. The SMILES string of the molecule is CCNC(=NCc1ccnc(N2CCCC2)c1)NCc1ccnn1C. The van der Waals surface area contributed by atoms with E-state index in [2.05, 4.69) is 38.6 Å². The van der Waals surface area contributed by atoms with Crippen LogP contribution in [0.1, 0.15) is 31.0 Å². The molecule has 0 saturated carbocycles. The minimum absolute atomic E-state index is 0.629. The first kappa shape index (κ1) is 17.3. The number of nitrogens with one attached hydrogen (secondary N) is 2. The van der Waals surface area contributed by atoms with Crippen molar-refractivity contribution in [2.45, 2.75) is 32.9 Å². The standard InChI is InChI=1S/C18H27N7/c1-3-19-18(22-14-16-7-9-23-24(16)2)21-13-15-6-8-20-17(12-15)25-10-4-5-11-25/h6-9,12H,3-5,10-11,13-14H2,1-2H3,(H2,19,21,22). The van der Waals surface area contributed by atoms with E-state index in [0.29, 0.717) is 13.1 Å². The zero-order valence-corrected chi connectivity index (χ0v) is 15.1. The van der Waals surface area contributed by atoms with Crippen LogP contribution in [-0.2, 0) is 20.1 Å². The Morgan fingerprint density at radius 3 is 2.76 bits per heavy atom. The Hall–Kier alpha value is -2.57. The van der Waals surface area contributed by atoms with Gasteiger partial charge in [0.15, 0.2) is 5.96 Å². The number of nitrogens with zero attached hydrogens (tertiary/aromatic N) is 5. The Kier molecular flexibility index (Phi) is 5.87. The molecular formula is C18H27N7. The number of guanidine groups is 1. The van der Waals surface area contributed by atoms with Gasteiger partial charge in [0, 0.05) is 39.1 Å². The molecular weight excluding hydrogens is 314 g/mol. The van der Waals surface area contributed by atoms with Gasteiger partial charge in [0.25, 0.3) is 0 Å². The van der Waals surface area contributed by atoms with E-state index in [-0.39, 0.29) is 0 Å². The maximum Gasteiger partial charge on any atom is 0.191 e. The van der Waals surface area contributed by atoms with Gasteiger partial charge in [0.05, 0.1) is 18.8 Å². The zero-order valence-electron chi connectivity index (χ0n) is 15.1. The molecule has 1 aliphatic rings. The quantitative estimate of drug-likeness (QED) is 0.618. The second-order valence-corrected chi connectivity index (χ2v) is 6.21. The highest BCUT2D eigenvalue weighted by Gasteiger charge is 2.13. The second kappa shape index (κ2) is 8.50. The van der Waals surface area contributed by atoms with E-state index < -0.39 is 0 Å². The van der Waals surface area contributed by atoms with Crippen LogP contribution in [-0.4, -0.2) is 40.4 Å². The van der Waals surface area contributed by atoms with Crippen molar-refractivity contribution in [3.8, 4) is 0 Å². The molecule has 1 aliphatic heterocycles. The molecule has 0 bridgehead atoms. The predicted molar refractivity (Wildman–Crippen MR) is 101 cm³/mol. The monoisotopic (exact) mass is 341 g/mol. The van der Waals surface area contributed by atoms with Crippen molar-refractivity contribution >= 4 is 11.8 Å².